The molecule has 0 radical (unpaired) electrons. The number of methoxy groups -OCH3 is 1. The Labute approximate surface area is 155 Å². The maximum atomic E-state index is 14.6. The molecule has 5 nitrogen and oxygen atoms in total. The summed E-state index contributed by atoms with van der Waals surface area (Å²) in [4.78, 5) is 27.7. The molecule has 2 aromatic carbocycles. The molecule has 2 heterocycles. The molecule has 0 N–H and O–H groups in total. The second-order valence-corrected chi connectivity index (χ2v) is 6.44. The van der Waals surface area contributed by atoms with Crippen LogP contribution in [0, 0.1) is 5.82 Å². The van der Waals surface area contributed by atoms with Crippen molar-refractivity contribution in [2.75, 3.05) is 20.3 Å². The van der Waals surface area contributed by atoms with Crippen molar-refractivity contribution in [3.8, 4) is 0 Å². The third-order valence-electron chi connectivity index (χ3n) is 4.82. The first-order valence-corrected chi connectivity index (χ1v) is 8.73. The van der Waals surface area contributed by atoms with Gasteiger partial charge in [-0.05, 0) is 24.6 Å². The SMILES string of the molecule is COCCCN1C(=O)c2oc3ccccc3c(=O)c2C1c1ccccc1F. The second kappa shape index (κ2) is 6.96. The van der Waals surface area contributed by atoms with Crippen molar-refractivity contribution < 1.29 is 18.3 Å². The van der Waals surface area contributed by atoms with Gasteiger partial charge in [0.05, 0.1) is 17.0 Å². The molecule has 0 saturated heterocycles. The van der Waals surface area contributed by atoms with Crippen molar-refractivity contribution in [1.29, 1.82) is 0 Å². The smallest absolute Gasteiger partial charge is 0.290 e. The van der Waals surface area contributed by atoms with Gasteiger partial charge in [0.15, 0.2) is 5.43 Å². The summed E-state index contributed by atoms with van der Waals surface area (Å²) in [5, 5.41) is 0.379. The molecule has 4 rings (SSSR count). The van der Waals surface area contributed by atoms with Crippen molar-refractivity contribution >= 4 is 16.9 Å². The Morgan fingerprint density at radius 1 is 1.11 bits per heavy atom. The number of hydrogen-bond donors (Lipinski definition) is 0. The minimum Gasteiger partial charge on any atom is -0.450 e. The van der Waals surface area contributed by atoms with Gasteiger partial charge in [0.1, 0.15) is 11.4 Å². The Kier molecular flexibility index (Phi) is 4.49. The van der Waals surface area contributed by atoms with Crippen LogP contribution in [0.5, 0.6) is 0 Å². The summed E-state index contributed by atoms with van der Waals surface area (Å²) in [6, 6.07) is 12.2. The van der Waals surface area contributed by atoms with Gasteiger partial charge in [-0.25, -0.2) is 4.39 Å². The first kappa shape index (κ1) is 17.4. The molecule has 6 heteroatoms. The van der Waals surface area contributed by atoms with E-state index in [0.717, 1.165) is 0 Å². The molecule has 27 heavy (non-hydrogen) atoms. The Morgan fingerprint density at radius 3 is 2.63 bits per heavy atom. The van der Waals surface area contributed by atoms with Crippen LogP contribution in [0.2, 0.25) is 0 Å². The minimum absolute atomic E-state index is 0.00984. The van der Waals surface area contributed by atoms with Crippen LogP contribution in [0.3, 0.4) is 0 Å². The highest BCUT2D eigenvalue weighted by molar-refractivity contribution is 5.99. The number of hydrogen-bond acceptors (Lipinski definition) is 4. The van der Waals surface area contributed by atoms with E-state index >= 15 is 0 Å². The highest BCUT2D eigenvalue weighted by atomic mass is 19.1. The normalized spacial score (nSPS) is 16.1. The monoisotopic (exact) mass is 367 g/mol. The van der Waals surface area contributed by atoms with E-state index in [2.05, 4.69) is 0 Å². The molecule has 0 spiro atoms. The summed E-state index contributed by atoms with van der Waals surface area (Å²) < 4.78 is 25.4. The van der Waals surface area contributed by atoms with Gasteiger partial charge >= 0.3 is 0 Å². The van der Waals surface area contributed by atoms with Crippen molar-refractivity contribution in [2.45, 2.75) is 12.5 Å². The molecule has 1 aliphatic rings. The van der Waals surface area contributed by atoms with Gasteiger partial charge < -0.3 is 14.1 Å². The lowest BCUT2D eigenvalue weighted by Gasteiger charge is -2.25. The van der Waals surface area contributed by atoms with Crippen LogP contribution in [0.15, 0.2) is 57.7 Å². The van der Waals surface area contributed by atoms with Gasteiger partial charge in [-0.3, -0.25) is 9.59 Å². The zero-order chi connectivity index (χ0) is 19.0. The first-order chi connectivity index (χ1) is 13.1. The highest BCUT2D eigenvalue weighted by Crippen LogP contribution is 2.38. The van der Waals surface area contributed by atoms with Crippen LogP contribution in [0.25, 0.3) is 11.0 Å². The highest BCUT2D eigenvalue weighted by Gasteiger charge is 2.43. The van der Waals surface area contributed by atoms with Gasteiger partial charge in [-0.15, -0.1) is 0 Å². The average molecular weight is 367 g/mol. The fourth-order valence-corrected chi connectivity index (χ4v) is 3.60. The molecule has 1 atom stereocenters. The molecule has 0 aliphatic carbocycles. The summed E-state index contributed by atoms with van der Waals surface area (Å²) in [5.41, 5.74) is 0.522. The molecule has 1 amide bonds. The molecule has 0 fully saturated rings. The van der Waals surface area contributed by atoms with Gasteiger partial charge in [0.2, 0.25) is 5.76 Å². The fraction of sp³-hybridized carbons (Fsp3) is 0.238. The topological polar surface area (TPSA) is 59.8 Å². The maximum Gasteiger partial charge on any atom is 0.290 e. The lowest BCUT2D eigenvalue weighted by molar-refractivity contribution is 0.0706. The van der Waals surface area contributed by atoms with Crippen LogP contribution >= 0.6 is 0 Å². The number of benzene rings is 2. The van der Waals surface area contributed by atoms with E-state index in [0.29, 0.717) is 30.5 Å². The molecule has 3 aromatic rings. The summed E-state index contributed by atoms with van der Waals surface area (Å²) >= 11 is 0. The lowest BCUT2D eigenvalue weighted by atomic mass is 9.98. The van der Waals surface area contributed by atoms with Gasteiger partial charge in [0, 0.05) is 25.8 Å². The molecule has 0 saturated carbocycles. The van der Waals surface area contributed by atoms with E-state index in [9.17, 15) is 14.0 Å². The zero-order valence-electron chi connectivity index (χ0n) is 14.8. The number of para-hydroxylation sites is 1. The number of carbonyl (C=O) groups excluding carboxylic acids is 1. The van der Waals surface area contributed by atoms with Crippen LogP contribution in [0.1, 0.15) is 34.1 Å². The Balaban J connectivity index is 1.94. The minimum atomic E-state index is -0.814. The number of ether oxygens (including phenoxy) is 1. The van der Waals surface area contributed by atoms with Crippen LogP contribution in [-0.4, -0.2) is 31.1 Å². The third-order valence-corrected chi connectivity index (χ3v) is 4.82. The lowest BCUT2D eigenvalue weighted by Crippen LogP contribution is -2.31. The fourth-order valence-electron chi connectivity index (χ4n) is 3.60. The van der Waals surface area contributed by atoms with Gasteiger partial charge in [-0.1, -0.05) is 30.3 Å². The van der Waals surface area contributed by atoms with Gasteiger partial charge in [-0.2, -0.15) is 0 Å². The molecule has 1 unspecified atom stereocenters. The summed E-state index contributed by atoms with van der Waals surface area (Å²) in [6.45, 7) is 0.777. The number of amides is 1. The molecule has 1 aromatic heterocycles. The summed E-state index contributed by atoms with van der Waals surface area (Å²) in [7, 11) is 1.58. The molecular weight excluding hydrogens is 349 g/mol. The number of nitrogens with zero attached hydrogens (tertiary/aromatic N) is 1. The number of halogens is 1. The Hall–Kier alpha value is -2.99. The second-order valence-electron chi connectivity index (χ2n) is 6.44. The zero-order valence-corrected chi connectivity index (χ0v) is 14.8. The number of carbonyl (C=O) groups is 1. The predicted octanol–water partition coefficient (Wildman–Crippen LogP) is 3.51. The van der Waals surface area contributed by atoms with Crippen molar-refractivity contribution in [3.05, 3.63) is 81.5 Å². The van der Waals surface area contributed by atoms with E-state index in [1.54, 1.807) is 49.6 Å². The van der Waals surface area contributed by atoms with Crippen LogP contribution in [0.4, 0.5) is 4.39 Å². The molecule has 138 valence electrons. The molecular formula is C21H18FNO4. The Bertz CT molecular complexity index is 1080. The number of rotatable bonds is 5. The summed E-state index contributed by atoms with van der Waals surface area (Å²) in [5.74, 6) is -0.881. The first-order valence-electron chi connectivity index (χ1n) is 8.73. The largest absolute Gasteiger partial charge is 0.450 e. The Morgan fingerprint density at radius 2 is 1.85 bits per heavy atom. The van der Waals surface area contributed by atoms with E-state index in [-0.39, 0.29) is 22.3 Å². The predicted molar refractivity (Wildman–Crippen MR) is 98.3 cm³/mol. The van der Waals surface area contributed by atoms with Crippen LogP contribution < -0.4 is 5.43 Å². The van der Waals surface area contributed by atoms with Gasteiger partial charge in [0.25, 0.3) is 5.91 Å². The molecule has 1 aliphatic heterocycles. The summed E-state index contributed by atoms with van der Waals surface area (Å²) in [6.07, 6.45) is 0.564. The van der Waals surface area contributed by atoms with E-state index in [4.69, 9.17) is 9.15 Å². The van der Waals surface area contributed by atoms with Crippen LogP contribution in [-0.2, 0) is 4.74 Å². The molecule has 0 bridgehead atoms. The van der Waals surface area contributed by atoms with Crippen molar-refractivity contribution in [3.63, 3.8) is 0 Å². The number of fused-ring (bicyclic) bond motifs is 2. The standard InChI is InChI=1S/C21H18FNO4/c1-26-12-6-11-23-18(13-7-2-4-9-15(13)22)17-19(24)14-8-3-5-10-16(14)27-20(17)21(23)25/h2-5,7-10,18H,6,11-12H2,1H3. The van der Waals surface area contributed by atoms with E-state index in [1.165, 1.54) is 11.0 Å². The third kappa shape index (κ3) is 2.82. The van der Waals surface area contributed by atoms with Crippen molar-refractivity contribution in [2.24, 2.45) is 0 Å². The quantitative estimate of drug-likeness (QED) is 0.648. The van der Waals surface area contributed by atoms with Crippen molar-refractivity contribution in [1.82, 2.24) is 4.90 Å². The van der Waals surface area contributed by atoms with E-state index < -0.39 is 17.8 Å². The maximum absolute atomic E-state index is 14.6. The van der Waals surface area contributed by atoms with E-state index in [1.807, 2.05) is 0 Å². The average Bonchev–Trinajstić information content (AvgIpc) is 2.95.